The molecule has 0 aliphatic heterocycles. The normalized spacial score (nSPS) is 11.3. The number of Topliss-reactive ketones (excluding diaryl/α,β-unsaturated/α-hetero) is 1. The Kier molecular flexibility index (Phi) is 7.38. The number of carbonyl (C=O) groups is 1. The van der Waals surface area contributed by atoms with Gasteiger partial charge >= 0.3 is 0 Å². The van der Waals surface area contributed by atoms with Gasteiger partial charge < -0.3 is 4.57 Å². The lowest BCUT2D eigenvalue weighted by Gasteiger charge is -2.11. The molecule has 192 valence electrons. The van der Waals surface area contributed by atoms with Crippen LogP contribution in [0.3, 0.4) is 0 Å². The lowest BCUT2D eigenvalue weighted by Crippen LogP contribution is -2.23. The van der Waals surface area contributed by atoms with Crippen LogP contribution in [-0.2, 0) is 6.54 Å². The van der Waals surface area contributed by atoms with Gasteiger partial charge in [-0.05, 0) is 49.7 Å². The van der Waals surface area contributed by atoms with Gasteiger partial charge in [-0.3, -0.25) is 14.2 Å². The van der Waals surface area contributed by atoms with E-state index in [2.05, 4.69) is 6.58 Å². The molecule has 0 radical (unpaired) electrons. The summed E-state index contributed by atoms with van der Waals surface area (Å²) in [4.78, 5) is 32.2. The third-order valence-electron chi connectivity index (χ3n) is 6.28. The molecule has 0 saturated carbocycles. The summed E-state index contributed by atoms with van der Waals surface area (Å²) in [6, 6.07) is 15.6. The average molecular weight is 564 g/mol. The van der Waals surface area contributed by atoms with Crippen LogP contribution in [-0.4, -0.2) is 25.7 Å². The Labute approximate surface area is 232 Å². The minimum absolute atomic E-state index is 0.0755. The number of nitrogens with zero attached hydrogens (tertiary/aromatic N) is 3. The van der Waals surface area contributed by atoms with Crippen molar-refractivity contribution >= 4 is 50.7 Å². The number of aromatic nitrogens is 3. The molecule has 0 aliphatic rings. The van der Waals surface area contributed by atoms with Crippen molar-refractivity contribution < 1.29 is 9.18 Å². The molecule has 3 heterocycles. The molecule has 3 aromatic heterocycles. The number of thioether (sulfide) groups is 1. The fourth-order valence-corrected chi connectivity index (χ4v) is 6.51. The second-order valence-corrected chi connectivity index (χ2v) is 11.0. The van der Waals surface area contributed by atoms with E-state index >= 15 is 0 Å². The first-order chi connectivity index (χ1) is 18.3. The summed E-state index contributed by atoms with van der Waals surface area (Å²) in [6.45, 7) is 7.70. The highest BCUT2D eigenvalue weighted by Crippen LogP contribution is 2.33. The van der Waals surface area contributed by atoms with Crippen molar-refractivity contribution in [2.45, 2.75) is 25.5 Å². The van der Waals surface area contributed by atoms with E-state index < -0.39 is 0 Å². The maximum absolute atomic E-state index is 14.5. The summed E-state index contributed by atoms with van der Waals surface area (Å²) in [7, 11) is 0. The highest BCUT2D eigenvalue weighted by Gasteiger charge is 2.21. The summed E-state index contributed by atoms with van der Waals surface area (Å²) in [5.74, 6) is -0.410. The fourth-order valence-electron chi connectivity index (χ4n) is 4.50. The second-order valence-electron chi connectivity index (χ2n) is 8.72. The van der Waals surface area contributed by atoms with E-state index in [0.717, 1.165) is 16.8 Å². The Bertz CT molecular complexity index is 1750. The van der Waals surface area contributed by atoms with Crippen molar-refractivity contribution in [1.29, 1.82) is 0 Å². The molecule has 5 aromatic rings. The number of halogens is 2. The third kappa shape index (κ3) is 4.75. The minimum atomic E-state index is -0.359. The van der Waals surface area contributed by atoms with Crippen LogP contribution in [0, 0.1) is 19.7 Å². The summed E-state index contributed by atoms with van der Waals surface area (Å²) in [5, 5.41) is 3.51. The highest BCUT2D eigenvalue weighted by atomic mass is 35.5. The van der Waals surface area contributed by atoms with E-state index in [1.165, 1.54) is 29.2 Å². The number of allylic oxidation sites excluding steroid dienone is 1. The third-order valence-corrected chi connectivity index (χ3v) is 8.38. The van der Waals surface area contributed by atoms with Crippen molar-refractivity contribution in [3.05, 3.63) is 111 Å². The number of fused-ring (bicyclic) bond motifs is 1. The van der Waals surface area contributed by atoms with E-state index in [0.29, 0.717) is 37.3 Å². The predicted octanol–water partition coefficient (Wildman–Crippen LogP) is 7.49. The largest absolute Gasteiger partial charge is 0.315 e. The van der Waals surface area contributed by atoms with Gasteiger partial charge in [-0.25, -0.2) is 9.37 Å². The van der Waals surface area contributed by atoms with E-state index in [4.69, 9.17) is 16.6 Å². The molecule has 2 aromatic carbocycles. The molecule has 0 amide bonds. The van der Waals surface area contributed by atoms with Gasteiger partial charge in [-0.2, -0.15) is 0 Å². The van der Waals surface area contributed by atoms with E-state index in [1.807, 2.05) is 24.4 Å². The van der Waals surface area contributed by atoms with Crippen LogP contribution in [0.4, 0.5) is 4.39 Å². The number of aryl methyl sites for hydroxylation is 1. The number of rotatable bonds is 8. The van der Waals surface area contributed by atoms with Crippen LogP contribution in [0.2, 0.25) is 5.02 Å². The lowest BCUT2D eigenvalue weighted by atomic mass is 10.1. The molecule has 0 saturated heterocycles. The van der Waals surface area contributed by atoms with Crippen LogP contribution in [0.25, 0.3) is 27.0 Å². The molecule has 0 fully saturated rings. The standard InChI is InChI=1S/C29H23ClFN3O2S2/c1-4-13-33-28(36)26-22(19-9-11-20(30)12-10-19)15-37-27(26)32-29(33)38-16-25(35)21-14-17(2)34(18(21)3)24-8-6-5-7-23(24)31/h4-12,14-15H,1,13,16H2,2-3H3. The van der Waals surface area contributed by atoms with Gasteiger partial charge in [-0.1, -0.05) is 53.7 Å². The number of para-hydroxylation sites is 1. The molecular weight excluding hydrogens is 541 g/mol. The van der Waals surface area contributed by atoms with Crippen molar-refractivity contribution in [2.24, 2.45) is 0 Å². The topological polar surface area (TPSA) is 56.9 Å². The summed E-state index contributed by atoms with van der Waals surface area (Å²) in [5.41, 5.74) is 3.83. The number of carbonyl (C=O) groups excluding carboxylic acids is 1. The molecule has 9 heteroatoms. The van der Waals surface area contributed by atoms with Crippen LogP contribution < -0.4 is 5.56 Å². The van der Waals surface area contributed by atoms with Crippen LogP contribution in [0.5, 0.6) is 0 Å². The SMILES string of the molecule is C=CCn1c(SCC(=O)c2cc(C)n(-c3ccccc3F)c2C)nc2scc(-c3ccc(Cl)cc3)c2c1=O. The van der Waals surface area contributed by atoms with Crippen molar-refractivity contribution in [1.82, 2.24) is 14.1 Å². The number of benzene rings is 2. The molecule has 0 atom stereocenters. The van der Waals surface area contributed by atoms with Crippen molar-refractivity contribution in [2.75, 3.05) is 5.75 Å². The lowest BCUT2D eigenvalue weighted by molar-refractivity contribution is 0.102. The van der Waals surface area contributed by atoms with Gasteiger partial charge in [-0.15, -0.1) is 17.9 Å². The zero-order valence-corrected chi connectivity index (χ0v) is 23.1. The molecule has 5 rings (SSSR count). The second kappa shape index (κ2) is 10.7. The van der Waals surface area contributed by atoms with Gasteiger partial charge in [0.25, 0.3) is 5.56 Å². The minimum Gasteiger partial charge on any atom is -0.315 e. The van der Waals surface area contributed by atoms with Crippen molar-refractivity contribution in [3.8, 4) is 16.8 Å². The van der Waals surface area contributed by atoms with E-state index in [9.17, 15) is 14.0 Å². The molecule has 5 nitrogen and oxygen atoms in total. The molecule has 0 spiro atoms. The van der Waals surface area contributed by atoms with Gasteiger partial charge in [0.2, 0.25) is 0 Å². The summed E-state index contributed by atoms with van der Waals surface area (Å²) < 4.78 is 17.8. The first-order valence-electron chi connectivity index (χ1n) is 11.8. The summed E-state index contributed by atoms with van der Waals surface area (Å²) >= 11 is 8.63. The maximum Gasteiger partial charge on any atom is 0.263 e. The number of hydrogen-bond donors (Lipinski definition) is 0. The maximum atomic E-state index is 14.5. The highest BCUT2D eigenvalue weighted by molar-refractivity contribution is 7.99. The zero-order valence-electron chi connectivity index (χ0n) is 20.7. The monoisotopic (exact) mass is 563 g/mol. The molecule has 0 bridgehead atoms. The van der Waals surface area contributed by atoms with Gasteiger partial charge in [0, 0.05) is 39.5 Å². The first kappa shape index (κ1) is 26.2. The Morgan fingerprint density at radius 2 is 1.92 bits per heavy atom. The molecule has 38 heavy (non-hydrogen) atoms. The number of ketones is 1. The van der Waals surface area contributed by atoms with Crippen molar-refractivity contribution in [3.63, 3.8) is 0 Å². The van der Waals surface area contributed by atoms with Gasteiger partial charge in [0.05, 0.1) is 16.8 Å². The molecule has 0 unspecified atom stereocenters. The molecule has 0 N–H and O–H groups in total. The van der Waals surface area contributed by atoms with Crippen LogP contribution >= 0.6 is 34.7 Å². The number of hydrogen-bond acceptors (Lipinski definition) is 5. The number of thiophene rings is 1. The predicted molar refractivity (Wildman–Crippen MR) is 155 cm³/mol. The Morgan fingerprint density at radius 1 is 1.18 bits per heavy atom. The fraction of sp³-hybridized carbons (Fsp3) is 0.138. The summed E-state index contributed by atoms with van der Waals surface area (Å²) in [6.07, 6.45) is 1.64. The quantitative estimate of drug-likeness (QED) is 0.0849. The smallest absolute Gasteiger partial charge is 0.263 e. The van der Waals surface area contributed by atoms with E-state index in [1.54, 1.807) is 58.5 Å². The van der Waals surface area contributed by atoms with E-state index in [-0.39, 0.29) is 29.5 Å². The molecular formula is C29H23ClFN3O2S2. The Hall–Kier alpha value is -3.46. The zero-order chi connectivity index (χ0) is 27.0. The van der Waals surface area contributed by atoms with Crippen LogP contribution in [0.1, 0.15) is 21.7 Å². The molecule has 0 aliphatic carbocycles. The Balaban J connectivity index is 1.47. The Morgan fingerprint density at radius 3 is 2.63 bits per heavy atom. The van der Waals surface area contributed by atoms with Gasteiger partial charge in [0.15, 0.2) is 10.9 Å². The average Bonchev–Trinajstić information content (AvgIpc) is 3.46. The van der Waals surface area contributed by atoms with Crippen LogP contribution in [0.15, 0.2) is 82.6 Å². The van der Waals surface area contributed by atoms with Gasteiger partial charge in [0.1, 0.15) is 10.6 Å². The first-order valence-corrected chi connectivity index (χ1v) is 14.0.